The first-order valence-corrected chi connectivity index (χ1v) is 9.02. The van der Waals surface area contributed by atoms with Crippen LogP contribution >= 0.6 is 21.6 Å². The van der Waals surface area contributed by atoms with Crippen LogP contribution in [0.25, 0.3) is 10.8 Å². The van der Waals surface area contributed by atoms with Crippen molar-refractivity contribution in [2.75, 3.05) is 14.2 Å². The third-order valence-corrected chi connectivity index (χ3v) is 7.22. The summed E-state index contributed by atoms with van der Waals surface area (Å²) in [6, 6.07) is 7.84. The van der Waals surface area contributed by atoms with Crippen molar-refractivity contribution in [3.63, 3.8) is 0 Å². The van der Waals surface area contributed by atoms with Gasteiger partial charge in [-0.15, -0.1) is 0 Å². The molecule has 1 aliphatic rings. The molecule has 0 unspecified atom stereocenters. The summed E-state index contributed by atoms with van der Waals surface area (Å²) in [7, 11) is 4.86. The lowest BCUT2D eigenvalue weighted by Crippen LogP contribution is -1.97. The van der Waals surface area contributed by atoms with E-state index in [0.717, 1.165) is 32.1 Å². The SMILES string of the molecule is COc1ccc2ccc(OC)c3c2c1SS(=O)S3. The van der Waals surface area contributed by atoms with E-state index in [1.54, 1.807) is 14.2 Å². The van der Waals surface area contributed by atoms with Gasteiger partial charge in [-0.1, -0.05) is 12.1 Å². The molecule has 6 heteroatoms. The first kappa shape index (κ1) is 12.2. The Labute approximate surface area is 114 Å². The van der Waals surface area contributed by atoms with Gasteiger partial charge in [0.15, 0.2) is 8.86 Å². The summed E-state index contributed by atoms with van der Waals surface area (Å²) in [4.78, 5) is 1.86. The lowest BCUT2D eigenvalue weighted by atomic mass is 10.1. The van der Waals surface area contributed by atoms with E-state index in [1.807, 2.05) is 24.3 Å². The second-order valence-corrected chi connectivity index (χ2v) is 8.67. The van der Waals surface area contributed by atoms with Gasteiger partial charge in [0.1, 0.15) is 11.5 Å². The number of rotatable bonds is 2. The fourth-order valence-electron chi connectivity index (χ4n) is 1.96. The van der Waals surface area contributed by atoms with Crippen molar-refractivity contribution in [1.82, 2.24) is 0 Å². The molecule has 0 radical (unpaired) electrons. The van der Waals surface area contributed by atoms with Crippen molar-refractivity contribution in [3.8, 4) is 11.5 Å². The Morgan fingerprint density at radius 3 is 1.89 bits per heavy atom. The second kappa shape index (κ2) is 4.68. The van der Waals surface area contributed by atoms with E-state index in [2.05, 4.69) is 0 Å². The quantitative estimate of drug-likeness (QED) is 0.791. The van der Waals surface area contributed by atoms with Crippen molar-refractivity contribution in [3.05, 3.63) is 24.3 Å². The van der Waals surface area contributed by atoms with Gasteiger partial charge in [0.25, 0.3) is 0 Å². The molecular formula is C12H10O3S3. The number of methoxy groups -OCH3 is 2. The molecule has 0 bridgehead atoms. The maximum Gasteiger partial charge on any atom is 0.151 e. The average molecular weight is 298 g/mol. The molecule has 0 atom stereocenters. The van der Waals surface area contributed by atoms with Crippen LogP contribution in [0.4, 0.5) is 0 Å². The maximum atomic E-state index is 11.9. The summed E-state index contributed by atoms with van der Waals surface area (Å²) < 4.78 is 22.6. The zero-order chi connectivity index (χ0) is 12.7. The number of benzene rings is 2. The van der Waals surface area contributed by atoms with Gasteiger partial charge in [-0.2, -0.15) is 0 Å². The Bertz CT molecular complexity index is 604. The van der Waals surface area contributed by atoms with E-state index < -0.39 is 8.86 Å². The molecule has 94 valence electrons. The minimum absolute atomic E-state index is 0.760. The largest absolute Gasteiger partial charge is 0.496 e. The van der Waals surface area contributed by atoms with Gasteiger partial charge >= 0.3 is 0 Å². The van der Waals surface area contributed by atoms with Crippen molar-refractivity contribution >= 4 is 41.2 Å². The van der Waals surface area contributed by atoms with Crippen molar-refractivity contribution in [2.45, 2.75) is 9.79 Å². The van der Waals surface area contributed by atoms with E-state index in [-0.39, 0.29) is 0 Å². The smallest absolute Gasteiger partial charge is 0.151 e. The first-order valence-electron chi connectivity index (χ1n) is 5.20. The predicted molar refractivity (Wildman–Crippen MR) is 76.9 cm³/mol. The molecule has 0 saturated heterocycles. The molecular weight excluding hydrogens is 288 g/mol. The number of hydrogen-bond donors (Lipinski definition) is 0. The Morgan fingerprint density at radius 2 is 1.44 bits per heavy atom. The van der Waals surface area contributed by atoms with Crippen LogP contribution in [-0.4, -0.2) is 18.4 Å². The Hall–Kier alpha value is -0.850. The molecule has 2 aromatic carbocycles. The van der Waals surface area contributed by atoms with E-state index in [9.17, 15) is 4.21 Å². The molecule has 0 aromatic heterocycles. The number of ether oxygens (including phenoxy) is 2. The molecule has 3 nitrogen and oxygen atoms in total. The minimum Gasteiger partial charge on any atom is -0.496 e. The molecule has 18 heavy (non-hydrogen) atoms. The molecule has 3 rings (SSSR count). The lowest BCUT2D eigenvalue weighted by molar-refractivity contribution is 0.403. The first-order chi connectivity index (χ1) is 8.74. The fourth-order valence-corrected chi connectivity index (χ4v) is 6.84. The molecule has 0 fully saturated rings. The van der Waals surface area contributed by atoms with Gasteiger partial charge in [0.05, 0.1) is 24.0 Å². The second-order valence-electron chi connectivity index (χ2n) is 3.66. The van der Waals surface area contributed by atoms with Crippen LogP contribution < -0.4 is 9.47 Å². The van der Waals surface area contributed by atoms with Crippen LogP contribution in [0.15, 0.2) is 34.1 Å². The highest BCUT2D eigenvalue weighted by Gasteiger charge is 2.25. The third-order valence-electron chi connectivity index (χ3n) is 2.76. The van der Waals surface area contributed by atoms with Gasteiger partial charge in [0, 0.05) is 5.39 Å². The van der Waals surface area contributed by atoms with Crippen LogP contribution in [0.3, 0.4) is 0 Å². The highest BCUT2D eigenvalue weighted by molar-refractivity contribution is 9.02. The molecule has 0 aliphatic carbocycles. The van der Waals surface area contributed by atoms with E-state index in [0.29, 0.717) is 0 Å². The summed E-state index contributed by atoms with van der Waals surface area (Å²) in [5.41, 5.74) is 0. The normalized spacial score (nSPS) is 14.8. The van der Waals surface area contributed by atoms with E-state index in [1.165, 1.54) is 21.6 Å². The summed E-state index contributed by atoms with van der Waals surface area (Å²) in [6.45, 7) is 0. The van der Waals surface area contributed by atoms with Crippen molar-refractivity contribution in [1.29, 1.82) is 0 Å². The summed E-state index contributed by atoms with van der Waals surface area (Å²) >= 11 is 0. The third kappa shape index (κ3) is 1.79. The summed E-state index contributed by atoms with van der Waals surface area (Å²) in [5.74, 6) is 1.52. The average Bonchev–Trinajstić information content (AvgIpc) is 2.39. The van der Waals surface area contributed by atoms with Crippen molar-refractivity contribution < 1.29 is 13.7 Å². The molecule has 0 spiro atoms. The Balaban J connectivity index is 2.42. The molecule has 2 aromatic rings. The Kier molecular flexibility index (Phi) is 3.17. The zero-order valence-electron chi connectivity index (χ0n) is 9.76. The molecule has 0 N–H and O–H groups in total. The molecule has 1 aliphatic heterocycles. The van der Waals surface area contributed by atoms with E-state index >= 15 is 0 Å². The molecule has 1 heterocycles. The molecule has 0 amide bonds. The summed E-state index contributed by atoms with van der Waals surface area (Å²) in [6.07, 6.45) is 0. The van der Waals surface area contributed by atoms with Gasteiger partial charge in [-0.25, -0.2) is 4.21 Å². The van der Waals surface area contributed by atoms with Crippen LogP contribution in [0.1, 0.15) is 0 Å². The minimum atomic E-state index is -1.06. The van der Waals surface area contributed by atoms with Gasteiger partial charge in [0.2, 0.25) is 0 Å². The topological polar surface area (TPSA) is 35.5 Å². The highest BCUT2D eigenvalue weighted by Crippen LogP contribution is 2.53. The van der Waals surface area contributed by atoms with Gasteiger partial charge in [-0.3, -0.25) is 0 Å². The van der Waals surface area contributed by atoms with Gasteiger partial charge < -0.3 is 9.47 Å². The van der Waals surface area contributed by atoms with Crippen molar-refractivity contribution in [2.24, 2.45) is 0 Å². The predicted octanol–water partition coefficient (Wildman–Crippen LogP) is 3.63. The monoisotopic (exact) mass is 298 g/mol. The maximum absolute atomic E-state index is 11.9. The summed E-state index contributed by atoms with van der Waals surface area (Å²) in [5, 5.41) is 2.18. The van der Waals surface area contributed by atoms with E-state index in [4.69, 9.17) is 9.47 Å². The lowest BCUT2D eigenvalue weighted by Gasteiger charge is -2.19. The number of hydrogen-bond acceptors (Lipinski definition) is 5. The van der Waals surface area contributed by atoms with Crippen LogP contribution in [-0.2, 0) is 8.86 Å². The highest BCUT2D eigenvalue weighted by atomic mass is 33.5. The van der Waals surface area contributed by atoms with Gasteiger partial charge in [-0.05, 0) is 39.1 Å². The van der Waals surface area contributed by atoms with Crippen LogP contribution in [0.5, 0.6) is 11.5 Å². The zero-order valence-corrected chi connectivity index (χ0v) is 12.2. The Morgan fingerprint density at radius 1 is 0.944 bits per heavy atom. The standard InChI is InChI=1S/C12H10O3S3/c1-14-8-5-3-7-4-6-9(15-2)12-10(7)11(8)16-18(13)17-12/h3-6H,1-2H3. The molecule has 0 saturated carbocycles. The van der Waals surface area contributed by atoms with Crippen LogP contribution in [0.2, 0.25) is 0 Å². The fraction of sp³-hybridized carbons (Fsp3) is 0.167. The van der Waals surface area contributed by atoms with Crippen LogP contribution in [0, 0.1) is 0 Å².